The van der Waals surface area contributed by atoms with Gasteiger partial charge in [0.05, 0.1) is 15.2 Å². The second kappa shape index (κ2) is 11.1. The number of thiazole rings is 1. The normalized spacial score (nSPS) is 13.4. The number of aryl methyl sites for hydroxylation is 1. The van der Waals surface area contributed by atoms with Crippen molar-refractivity contribution in [1.82, 2.24) is 10.3 Å². The maximum absolute atomic E-state index is 4.84. The molecule has 1 atom stereocenters. The smallest absolute Gasteiger partial charge is 0.0938 e. The Bertz CT molecular complexity index is 740. The molecule has 0 amide bonds. The first-order valence-electron chi connectivity index (χ1n) is 9.62. The van der Waals surface area contributed by atoms with Gasteiger partial charge >= 0.3 is 0 Å². The van der Waals surface area contributed by atoms with Gasteiger partial charge in [0.1, 0.15) is 0 Å². The molecule has 0 radical (unpaired) electrons. The van der Waals surface area contributed by atoms with Crippen LogP contribution in [0.15, 0.2) is 55.2 Å². The van der Waals surface area contributed by atoms with Crippen molar-refractivity contribution < 1.29 is 0 Å². The van der Waals surface area contributed by atoms with E-state index in [4.69, 9.17) is 4.98 Å². The molecule has 0 aliphatic heterocycles. The molecule has 0 fully saturated rings. The van der Waals surface area contributed by atoms with Gasteiger partial charge in [-0.05, 0) is 68.8 Å². The van der Waals surface area contributed by atoms with Gasteiger partial charge in [0.2, 0.25) is 0 Å². The maximum Gasteiger partial charge on any atom is 0.0938 e. The molecule has 2 nitrogen and oxygen atoms in total. The molecule has 3 heteroatoms. The van der Waals surface area contributed by atoms with Gasteiger partial charge in [-0.25, -0.2) is 4.98 Å². The van der Waals surface area contributed by atoms with E-state index in [1.807, 2.05) is 30.5 Å². The molecule has 1 aromatic carbocycles. The molecule has 0 spiro atoms. The lowest BCUT2D eigenvalue weighted by atomic mass is 9.97. The third-order valence-corrected chi connectivity index (χ3v) is 5.70. The van der Waals surface area contributed by atoms with Gasteiger partial charge in [-0.1, -0.05) is 56.9 Å². The van der Waals surface area contributed by atoms with Crippen LogP contribution in [0.3, 0.4) is 0 Å². The van der Waals surface area contributed by atoms with Gasteiger partial charge < -0.3 is 5.32 Å². The number of hydrogen-bond acceptors (Lipinski definition) is 3. The van der Waals surface area contributed by atoms with E-state index in [0.29, 0.717) is 11.8 Å². The lowest BCUT2D eigenvalue weighted by molar-refractivity contribution is 0.436. The summed E-state index contributed by atoms with van der Waals surface area (Å²) >= 11 is 1.86. The van der Waals surface area contributed by atoms with Gasteiger partial charge in [-0.2, -0.15) is 0 Å². The van der Waals surface area contributed by atoms with Crippen LogP contribution in [-0.2, 0) is 6.42 Å². The van der Waals surface area contributed by atoms with Crippen LogP contribution in [0.4, 0.5) is 0 Å². The first kappa shape index (κ1) is 20.6. The second-order valence-electron chi connectivity index (χ2n) is 7.08. The van der Waals surface area contributed by atoms with E-state index in [1.165, 1.54) is 28.1 Å². The first-order chi connectivity index (χ1) is 12.6. The van der Waals surface area contributed by atoms with E-state index >= 15 is 0 Å². The molecule has 140 valence electrons. The Morgan fingerprint density at radius 3 is 2.77 bits per heavy atom. The van der Waals surface area contributed by atoms with E-state index in [2.05, 4.69) is 56.1 Å². The van der Waals surface area contributed by atoms with Gasteiger partial charge in [0, 0.05) is 0 Å². The van der Waals surface area contributed by atoms with Crippen LogP contribution in [0.25, 0.3) is 10.2 Å². The summed E-state index contributed by atoms with van der Waals surface area (Å²) in [5.74, 6) is 1.26. The highest BCUT2D eigenvalue weighted by Crippen LogP contribution is 2.27. The molecule has 1 aromatic heterocycles. The van der Waals surface area contributed by atoms with E-state index < -0.39 is 0 Å². The summed E-state index contributed by atoms with van der Waals surface area (Å²) in [6, 6.07) is 6.71. The summed E-state index contributed by atoms with van der Waals surface area (Å²) in [5.41, 5.74) is 2.55. The van der Waals surface area contributed by atoms with Crippen LogP contribution >= 0.6 is 11.3 Å². The van der Waals surface area contributed by atoms with Crippen molar-refractivity contribution >= 4 is 21.6 Å². The second-order valence-corrected chi connectivity index (χ2v) is 8.19. The van der Waals surface area contributed by atoms with Crippen molar-refractivity contribution in [2.45, 2.75) is 45.4 Å². The van der Waals surface area contributed by atoms with E-state index in [-0.39, 0.29) is 0 Å². The molecule has 1 N–H and O–H groups in total. The predicted molar refractivity (Wildman–Crippen MR) is 117 cm³/mol. The number of nitrogens with zero attached hydrogens (tertiary/aromatic N) is 1. The number of benzene rings is 1. The first-order valence-corrected chi connectivity index (χ1v) is 10.4. The Kier molecular flexibility index (Phi) is 8.79. The molecule has 0 aliphatic rings. The highest BCUT2D eigenvalue weighted by Gasteiger charge is 2.11. The van der Waals surface area contributed by atoms with Crippen LogP contribution < -0.4 is 5.32 Å². The number of hydrogen-bond donors (Lipinski definition) is 1. The van der Waals surface area contributed by atoms with Crippen molar-refractivity contribution in [3.05, 3.63) is 65.7 Å². The van der Waals surface area contributed by atoms with Gasteiger partial charge in [-0.3, -0.25) is 0 Å². The summed E-state index contributed by atoms with van der Waals surface area (Å²) in [7, 11) is 2.04. The predicted octanol–water partition coefficient (Wildman–Crippen LogP) is 6.27. The summed E-state index contributed by atoms with van der Waals surface area (Å²) in [4.78, 5) is 4.84. The summed E-state index contributed by atoms with van der Waals surface area (Å²) in [5, 5.41) is 4.61. The third-order valence-electron chi connectivity index (χ3n) is 4.62. The zero-order valence-corrected chi connectivity index (χ0v) is 17.2. The maximum atomic E-state index is 4.84. The molecule has 0 aliphatic carbocycles. The van der Waals surface area contributed by atoms with E-state index in [9.17, 15) is 0 Å². The van der Waals surface area contributed by atoms with E-state index in [1.54, 1.807) is 6.08 Å². The Morgan fingerprint density at radius 1 is 1.19 bits per heavy atom. The molecule has 26 heavy (non-hydrogen) atoms. The molecule has 0 saturated carbocycles. The quantitative estimate of drug-likeness (QED) is 0.473. The van der Waals surface area contributed by atoms with Crippen LogP contribution in [0.2, 0.25) is 0 Å². The van der Waals surface area contributed by atoms with Crippen LogP contribution in [-0.4, -0.2) is 18.6 Å². The average Bonchev–Trinajstić information content (AvgIpc) is 3.04. The molecular weight excluding hydrogens is 336 g/mol. The fourth-order valence-electron chi connectivity index (χ4n) is 3.07. The van der Waals surface area contributed by atoms with Gasteiger partial charge in [-0.15, -0.1) is 11.3 Å². The molecule has 2 aromatic rings. The molecule has 1 unspecified atom stereocenters. The van der Waals surface area contributed by atoms with Gasteiger partial charge in [0.15, 0.2) is 0 Å². The highest BCUT2D eigenvalue weighted by molar-refractivity contribution is 7.18. The topological polar surface area (TPSA) is 24.9 Å². The standard InChI is InChI=1S/C23H32N2S/c1-5-6-7-8-9-10-11-19(17-24-4)12-15-23-25-21-14-13-20(18(2)3)16-22(21)26-23/h5-9,13-14,16,18-19,24H,1,10-12,15,17H2,2-4H3/b7-6-,9-8-. The lowest BCUT2D eigenvalue weighted by Crippen LogP contribution is -2.19. The molecule has 0 bridgehead atoms. The Morgan fingerprint density at radius 2 is 2.04 bits per heavy atom. The molecule has 0 saturated heterocycles. The lowest BCUT2D eigenvalue weighted by Gasteiger charge is -2.14. The minimum atomic E-state index is 0.569. The molecular formula is C23H32N2S. The van der Waals surface area contributed by atoms with Crippen molar-refractivity contribution in [3.63, 3.8) is 0 Å². The monoisotopic (exact) mass is 368 g/mol. The minimum absolute atomic E-state index is 0.569. The SMILES string of the molecule is C=C/C=C\C=C/CCC(CCc1nc2ccc(C(C)C)cc2s1)CNC. The van der Waals surface area contributed by atoms with Gasteiger partial charge in [0.25, 0.3) is 0 Å². The molecule has 1 heterocycles. The Balaban J connectivity index is 1.91. The van der Waals surface area contributed by atoms with Crippen molar-refractivity contribution in [2.24, 2.45) is 5.92 Å². The number of nitrogens with one attached hydrogen (secondary N) is 1. The Hall–Kier alpha value is -1.71. The van der Waals surface area contributed by atoms with Crippen LogP contribution in [0, 0.1) is 5.92 Å². The number of aromatic nitrogens is 1. The average molecular weight is 369 g/mol. The van der Waals surface area contributed by atoms with Crippen molar-refractivity contribution in [2.75, 3.05) is 13.6 Å². The third kappa shape index (κ3) is 6.54. The zero-order valence-electron chi connectivity index (χ0n) is 16.4. The van der Waals surface area contributed by atoms with E-state index in [0.717, 1.165) is 24.9 Å². The fraction of sp³-hybridized carbons (Fsp3) is 0.435. The zero-order chi connectivity index (χ0) is 18.8. The number of allylic oxidation sites excluding steroid dienone is 5. The summed E-state index contributed by atoms with van der Waals surface area (Å²) < 4.78 is 1.33. The fourth-order valence-corrected chi connectivity index (χ4v) is 4.10. The van der Waals surface area contributed by atoms with Crippen molar-refractivity contribution in [1.29, 1.82) is 0 Å². The van der Waals surface area contributed by atoms with Crippen LogP contribution in [0.1, 0.15) is 49.6 Å². The summed E-state index contributed by atoms with van der Waals surface area (Å²) in [6.07, 6.45) is 14.7. The van der Waals surface area contributed by atoms with Crippen LogP contribution in [0.5, 0.6) is 0 Å². The molecule has 2 rings (SSSR count). The Labute approximate surface area is 162 Å². The number of rotatable bonds is 11. The highest BCUT2D eigenvalue weighted by atomic mass is 32.1. The number of fused-ring (bicyclic) bond motifs is 1. The summed E-state index contributed by atoms with van der Waals surface area (Å²) in [6.45, 7) is 9.23. The minimum Gasteiger partial charge on any atom is -0.319 e. The largest absolute Gasteiger partial charge is 0.319 e. The van der Waals surface area contributed by atoms with Crippen molar-refractivity contribution in [3.8, 4) is 0 Å².